The number of aryl methyl sites for hydroxylation is 1. The number of ether oxygens (including phenoxy) is 1. The van der Waals surface area contributed by atoms with Crippen LogP contribution in [0.2, 0.25) is 0 Å². The van der Waals surface area contributed by atoms with Gasteiger partial charge in [0.15, 0.2) is 5.69 Å². The van der Waals surface area contributed by atoms with Gasteiger partial charge in [-0.2, -0.15) is 5.10 Å². The van der Waals surface area contributed by atoms with E-state index in [-0.39, 0.29) is 17.8 Å². The van der Waals surface area contributed by atoms with Gasteiger partial charge in [0, 0.05) is 12.7 Å². The lowest BCUT2D eigenvalue weighted by atomic mass is 9.98. The number of carbonyl (C=O) groups is 1. The molecule has 0 aromatic carbocycles. The van der Waals surface area contributed by atoms with E-state index in [1.54, 1.807) is 10.9 Å². The Hall–Kier alpha value is -1.52. The van der Waals surface area contributed by atoms with Crippen molar-refractivity contribution in [2.45, 2.75) is 51.7 Å². The lowest BCUT2D eigenvalue weighted by molar-refractivity contribution is 0.0205. The first-order valence-electron chi connectivity index (χ1n) is 6.24. The molecule has 0 atom stereocenters. The summed E-state index contributed by atoms with van der Waals surface area (Å²) in [5.41, 5.74) is 6.38. The molecule has 1 aromatic heterocycles. The topological polar surface area (TPSA) is 70.1 Å². The molecule has 0 amide bonds. The van der Waals surface area contributed by atoms with Crippen molar-refractivity contribution in [3.8, 4) is 0 Å². The zero-order chi connectivity index (χ0) is 12.3. The van der Waals surface area contributed by atoms with Crippen LogP contribution in [0.5, 0.6) is 0 Å². The molecule has 0 bridgehead atoms. The third kappa shape index (κ3) is 2.78. The molecule has 0 unspecified atom stereocenters. The Morgan fingerprint density at radius 3 is 2.82 bits per heavy atom. The Balaban J connectivity index is 2.00. The summed E-state index contributed by atoms with van der Waals surface area (Å²) < 4.78 is 7.07. The molecule has 0 radical (unpaired) electrons. The number of aromatic nitrogens is 2. The lowest BCUT2D eigenvalue weighted by Gasteiger charge is -2.21. The number of anilines is 1. The number of hydrogen-bond donors (Lipinski definition) is 1. The van der Waals surface area contributed by atoms with Crippen molar-refractivity contribution in [3.05, 3.63) is 11.9 Å². The van der Waals surface area contributed by atoms with Crippen molar-refractivity contribution in [2.75, 3.05) is 5.73 Å². The predicted molar refractivity (Wildman–Crippen MR) is 64.6 cm³/mol. The average molecular weight is 237 g/mol. The molecule has 94 valence electrons. The molecule has 1 aromatic rings. The zero-order valence-corrected chi connectivity index (χ0v) is 10.2. The average Bonchev–Trinajstić information content (AvgIpc) is 2.72. The molecule has 0 spiro atoms. The maximum absolute atomic E-state index is 11.9. The molecule has 1 saturated carbocycles. The third-order valence-corrected chi connectivity index (χ3v) is 3.13. The zero-order valence-electron chi connectivity index (χ0n) is 10.2. The van der Waals surface area contributed by atoms with Gasteiger partial charge in [0.05, 0.1) is 5.69 Å². The molecule has 2 rings (SSSR count). The van der Waals surface area contributed by atoms with Crippen LogP contribution in [-0.4, -0.2) is 21.9 Å². The first kappa shape index (κ1) is 12.0. The second-order valence-corrected chi connectivity index (χ2v) is 4.45. The summed E-state index contributed by atoms with van der Waals surface area (Å²) in [6.07, 6.45) is 7.13. The van der Waals surface area contributed by atoms with E-state index in [0.717, 1.165) is 25.7 Å². The van der Waals surface area contributed by atoms with E-state index >= 15 is 0 Å². The molecule has 1 aliphatic carbocycles. The van der Waals surface area contributed by atoms with Gasteiger partial charge >= 0.3 is 5.97 Å². The molecule has 1 aliphatic rings. The Morgan fingerprint density at radius 2 is 2.24 bits per heavy atom. The quantitative estimate of drug-likeness (QED) is 0.816. The van der Waals surface area contributed by atoms with E-state index in [1.165, 1.54) is 6.42 Å². The number of esters is 1. The minimum atomic E-state index is -0.387. The van der Waals surface area contributed by atoms with Crippen LogP contribution in [0.4, 0.5) is 5.69 Å². The standard InChI is InChI=1S/C12H19N3O2/c1-2-15-8-10(13)11(14-15)12(16)17-9-6-4-3-5-7-9/h8-9H,2-7,13H2,1H3. The Bertz CT molecular complexity index is 394. The number of carbonyl (C=O) groups excluding carboxylic acids is 1. The first-order chi connectivity index (χ1) is 8.20. The highest BCUT2D eigenvalue weighted by molar-refractivity contribution is 5.92. The number of nitrogen functional groups attached to an aromatic ring is 1. The summed E-state index contributed by atoms with van der Waals surface area (Å²) in [5.74, 6) is -0.387. The van der Waals surface area contributed by atoms with Crippen LogP contribution in [-0.2, 0) is 11.3 Å². The van der Waals surface area contributed by atoms with Crippen molar-refractivity contribution >= 4 is 11.7 Å². The van der Waals surface area contributed by atoms with Crippen molar-refractivity contribution in [3.63, 3.8) is 0 Å². The van der Waals surface area contributed by atoms with Gasteiger partial charge < -0.3 is 10.5 Å². The maximum atomic E-state index is 11.9. The number of nitrogens with two attached hydrogens (primary N) is 1. The molecule has 5 nitrogen and oxygen atoms in total. The number of rotatable bonds is 3. The molecule has 1 fully saturated rings. The SMILES string of the molecule is CCn1cc(N)c(C(=O)OC2CCCCC2)n1. The van der Waals surface area contributed by atoms with Gasteiger partial charge in [0.25, 0.3) is 0 Å². The minimum Gasteiger partial charge on any atom is -0.458 e. The van der Waals surface area contributed by atoms with Crippen molar-refractivity contribution in [2.24, 2.45) is 0 Å². The molecule has 1 heterocycles. The summed E-state index contributed by atoms with van der Waals surface area (Å²) >= 11 is 0. The highest BCUT2D eigenvalue weighted by Crippen LogP contribution is 2.22. The van der Waals surface area contributed by atoms with Crippen LogP contribution in [0.25, 0.3) is 0 Å². The van der Waals surface area contributed by atoms with E-state index in [2.05, 4.69) is 5.10 Å². The fraction of sp³-hybridized carbons (Fsp3) is 0.667. The number of hydrogen-bond acceptors (Lipinski definition) is 4. The van der Waals surface area contributed by atoms with Crippen LogP contribution in [0, 0.1) is 0 Å². The second kappa shape index (κ2) is 5.21. The largest absolute Gasteiger partial charge is 0.458 e. The first-order valence-corrected chi connectivity index (χ1v) is 6.24. The van der Waals surface area contributed by atoms with Crippen LogP contribution in [0.15, 0.2) is 6.20 Å². The highest BCUT2D eigenvalue weighted by Gasteiger charge is 2.22. The van der Waals surface area contributed by atoms with Crippen LogP contribution in [0.3, 0.4) is 0 Å². The minimum absolute atomic E-state index is 0.0439. The smallest absolute Gasteiger partial charge is 0.361 e. The molecule has 2 N–H and O–H groups in total. The molecule has 17 heavy (non-hydrogen) atoms. The fourth-order valence-corrected chi connectivity index (χ4v) is 2.15. The highest BCUT2D eigenvalue weighted by atomic mass is 16.5. The van der Waals surface area contributed by atoms with E-state index in [4.69, 9.17) is 10.5 Å². The molecular formula is C12H19N3O2. The molecule has 0 saturated heterocycles. The van der Waals surface area contributed by atoms with E-state index in [1.807, 2.05) is 6.92 Å². The van der Waals surface area contributed by atoms with Crippen LogP contribution < -0.4 is 5.73 Å². The van der Waals surface area contributed by atoms with Crippen LogP contribution in [0.1, 0.15) is 49.5 Å². The van der Waals surface area contributed by atoms with Gasteiger partial charge in [0.1, 0.15) is 6.10 Å². The van der Waals surface area contributed by atoms with E-state index < -0.39 is 0 Å². The predicted octanol–water partition coefficient (Wildman–Crippen LogP) is 1.97. The normalized spacial score (nSPS) is 17.0. The fourth-order valence-electron chi connectivity index (χ4n) is 2.15. The Kier molecular flexibility index (Phi) is 3.66. The second-order valence-electron chi connectivity index (χ2n) is 4.45. The van der Waals surface area contributed by atoms with Crippen molar-refractivity contribution in [1.82, 2.24) is 9.78 Å². The Morgan fingerprint density at radius 1 is 1.53 bits per heavy atom. The summed E-state index contributed by atoms with van der Waals surface area (Å²) in [6, 6.07) is 0. The Labute approximate surface area is 101 Å². The summed E-state index contributed by atoms with van der Waals surface area (Å²) in [6.45, 7) is 2.64. The van der Waals surface area contributed by atoms with E-state index in [0.29, 0.717) is 12.2 Å². The van der Waals surface area contributed by atoms with Crippen molar-refractivity contribution < 1.29 is 9.53 Å². The van der Waals surface area contributed by atoms with E-state index in [9.17, 15) is 4.79 Å². The molecule has 0 aliphatic heterocycles. The summed E-state index contributed by atoms with van der Waals surface area (Å²) in [7, 11) is 0. The van der Waals surface area contributed by atoms with Gasteiger partial charge in [-0.05, 0) is 32.6 Å². The number of nitrogens with zero attached hydrogens (tertiary/aromatic N) is 2. The molecular weight excluding hydrogens is 218 g/mol. The van der Waals surface area contributed by atoms with Gasteiger partial charge in [0.2, 0.25) is 0 Å². The maximum Gasteiger partial charge on any atom is 0.361 e. The van der Waals surface area contributed by atoms with Crippen molar-refractivity contribution in [1.29, 1.82) is 0 Å². The van der Waals surface area contributed by atoms with Gasteiger partial charge in [-0.3, -0.25) is 4.68 Å². The van der Waals surface area contributed by atoms with Gasteiger partial charge in [-0.25, -0.2) is 4.79 Å². The summed E-state index contributed by atoms with van der Waals surface area (Å²) in [5, 5.41) is 4.11. The third-order valence-electron chi connectivity index (χ3n) is 3.13. The lowest BCUT2D eigenvalue weighted by Crippen LogP contribution is -2.21. The van der Waals surface area contributed by atoms with Gasteiger partial charge in [-0.1, -0.05) is 6.42 Å². The monoisotopic (exact) mass is 237 g/mol. The molecule has 5 heteroatoms. The van der Waals surface area contributed by atoms with Crippen LogP contribution >= 0.6 is 0 Å². The summed E-state index contributed by atoms with van der Waals surface area (Å²) in [4.78, 5) is 11.9. The van der Waals surface area contributed by atoms with Gasteiger partial charge in [-0.15, -0.1) is 0 Å².